The Kier molecular flexibility index (Phi) is 7.56. The molecule has 0 bridgehead atoms. The summed E-state index contributed by atoms with van der Waals surface area (Å²) in [6.45, 7) is 1.76. The van der Waals surface area contributed by atoms with E-state index in [1.807, 2.05) is 30.0 Å². The normalized spacial score (nSPS) is 19.6. The second-order valence-electron chi connectivity index (χ2n) is 5.82. The van der Waals surface area contributed by atoms with Gasteiger partial charge in [-0.2, -0.15) is 11.8 Å². The van der Waals surface area contributed by atoms with E-state index in [0.29, 0.717) is 0 Å². The van der Waals surface area contributed by atoms with Gasteiger partial charge in [0.05, 0.1) is 6.04 Å². The summed E-state index contributed by atoms with van der Waals surface area (Å²) in [6, 6.07) is 7.99. The fourth-order valence-electron chi connectivity index (χ4n) is 2.76. The average Bonchev–Trinajstić information content (AvgIpc) is 2.71. The highest BCUT2D eigenvalue weighted by Crippen LogP contribution is 2.17. The van der Waals surface area contributed by atoms with Gasteiger partial charge in [-0.25, -0.2) is 0 Å². The summed E-state index contributed by atoms with van der Waals surface area (Å²) in [5.74, 6) is 2.04. The first-order valence-electron chi connectivity index (χ1n) is 7.97. The Labute approximate surface area is 142 Å². The van der Waals surface area contributed by atoms with Crippen molar-refractivity contribution in [3.8, 4) is 0 Å². The molecule has 1 aromatic carbocycles. The summed E-state index contributed by atoms with van der Waals surface area (Å²) in [6.07, 6.45) is 4.59. The number of carbonyl (C=O) groups is 1. The Morgan fingerprint density at radius 3 is 3.09 bits per heavy atom. The van der Waals surface area contributed by atoms with Crippen molar-refractivity contribution in [3.05, 3.63) is 34.9 Å². The third-order valence-electron chi connectivity index (χ3n) is 4.03. The fraction of sp³-hybridized carbons (Fsp3) is 0.588. The van der Waals surface area contributed by atoms with E-state index in [9.17, 15) is 4.79 Å². The molecule has 1 amide bonds. The molecule has 22 heavy (non-hydrogen) atoms. The van der Waals surface area contributed by atoms with Crippen LogP contribution in [0.2, 0.25) is 5.02 Å². The molecule has 0 radical (unpaired) electrons. The second-order valence-corrected chi connectivity index (χ2v) is 7.36. The molecule has 5 heteroatoms. The molecule has 0 aliphatic carbocycles. The quantitative estimate of drug-likeness (QED) is 0.803. The smallest absolute Gasteiger partial charge is 0.237 e. The van der Waals surface area contributed by atoms with Gasteiger partial charge in [0.2, 0.25) is 5.91 Å². The minimum atomic E-state index is 0.0560. The summed E-state index contributed by atoms with van der Waals surface area (Å²) in [5, 5.41) is 3.86. The van der Waals surface area contributed by atoms with E-state index in [2.05, 4.69) is 23.3 Å². The summed E-state index contributed by atoms with van der Waals surface area (Å²) in [5.41, 5.74) is 1.23. The Hall–Kier alpha value is -0.710. The molecule has 122 valence electrons. The van der Waals surface area contributed by atoms with Gasteiger partial charge in [0.15, 0.2) is 0 Å². The van der Waals surface area contributed by atoms with Crippen molar-refractivity contribution in [2.24, 2.45) is 0 Å². The number of likely N-dealkylation sites (N-methyl/N-ethyl adjacent to an activating group) is 1. The zero-order chi connectivity index (χ0) is 15.8. The standard InChI is InChI=1S/C17H25ClN2OS/c1-20-10-4-2-3-8-16(20)17(21)19-9-11-22-13-14-6-5-7-15(18)12-14/h5-7,12,16H,2-4,8-11,13H2,1H3,(H,19,21)/t16-/m1/s1. The van der Waals surface area contributed by atoms with Crippen molar-refractivity contribution in [1.82, 2.24) is 10.2 Å². The van der Waals surface area contributed by atoms with Crippen molar-refractivity contribution < 1.29 is 4.79 Å². The number of halogens is 1. The van der Waals surface area contributed by atoms with Gasteiger partial charge in [-0.1, -0.05) is 36.6 Å². The zero-order valence-electron chi connectivity index (χ0n) is 13.2. The van der Waals surface area contributed by atoms with E-state index in [1.165, 1.54) is 18.4 Å². The third-order valence-corrected chi connectivity index (χ3v) is 5.29. The largest absolute Gasteiger partial charge is 0.354 e. The predicted octanol–water partition coefficient (Wildman–Crippen LogP) is 3.56. The zero-order valence-corrected chi connectivity index (χ0v) is 14.8. The minimum Gasteiger partial charge on any atom is -0.354 e. The van der Waals surface area contributed by atoms with Gasteiger partial charge < -0.3 is 5.32 Å². The highest BCUT2D eigenvalue weighted by Gasteiger charge is 2.23. The van der Waals surface area contributed by atoms with Crippen molar-refractivity contribution in [2.45, 2.75) is 37.5 Å². The van der Waals surface area contributed by atoms with Gasteiger partial charge in [0.25, 0.3) is 0 Å². The highest BCUT2D eigenvalue weighted by molar-refractivity contribution is 7.98. The molecule has 0 saturated carbocycles. The van der Waals surface area contributed by atoms with Gasteiger partial charge in [-0.3, -0.25) is 9.69 Å². The van der Waals surface area contributed by atoms with E-state index in [4.69, 9.17) is 11.6 Å². The molecule has 1 aromatic rings. The van der Waals surface area contributed by atoms with E-state index < -0.39 is 0 Å². The Bertz CT molecular complexity index is 483. The summed E-state index contributed by atoms with van der Waals surface area (Å²) < 4.78 is 0. The van der Waals surface area contributed by atoms with Crippen LogP contribution in [0.1, 0.15) is 31.2 Å². The lowest BCUT2D eigenvalue weighted by atomic mass is 10.1. The first-order chi connectivity index (χ1) is 10.7. The molecule has 0 unspecified atom stereocenters. The maximum atomic E-state index is 12.3. The lowest BCUT2D eigenvalue weighted by molar-refractivity contribution is -0.125. The first-order valence-corrected chi connectivity index (χ1v) is 9.50. The fourth-order valence-corrected chi connectivity index (χ4v) is 3.78. The molecule has 3 nitrogen and oxygen atoms in total. The van der Waals surface area contributed by atoms with Crippen LogP contribution in [-0.2, 0) is 10.5 Å². The van der Waals surface area contributed by atoms with Gasteiger partial charge in [-0.15, -0.1) is 0 Å². The number of thioether (sulfide) groups is 1. The molecule has 1 atom stereocenters. The number of carbonyl (C=O) groups excluding carboxylic acids is 1. The maximum Gasteiger partial charge on any atom is 0.237 e. The van der Waals surface area contributed by atoms with Crippen LogP contribution in [0.15, 0.2) is 24.3 Å². The molecule has 1 aliphatic heterocycles. The van der Waals surface area contributed by atoms with Gasteiger partial charge in [0.1, 0.15) is 0 Å². The van der Waals surface area contributed by atoms with Crippen molar-refractivity contribution in [2.75, 3.05) is 25.9 Å². The Morgan fingerprint density at radius 1 is 1.41 bits per heavy atom. The van der Waals surface area contributed by atoms with E-state index in [-0.39, 0.29) is 11.9 Å². The van der Waals surface area contributed by atoms with Crippen LogP contribution in [0.4, 0.5) is 0 Å². The second kappa shape index (κ2) is 9.43. The molecule has 1 N–H and O–H groups in total. The number of amides is 1. The molecular weight excluding hydrogens is 316 g/mol. The van der Waals surface area contributed by atoms with Crippen LogP contribution < -0.4 is 5.32 Å². The van der Waals surface area contributed by atoms with E-state index in [1.54, 1.807) is 0 Å². The number of benzene rings is 1. The monoisotopic (exact) mass is 340 g/mol. The lowest BCUT2D eigenvalue weighted by Gasteiger charge is -2.24. The highest BCUT2D eigenvalue weighted by atomic mass is 35.5. The molecule has 0 spiro atoms. The van der Waals surface area contributed by atoms with Crippen LogP contribution in [0.25, 0.3) is 0 Å². The average molecular weight is 341 g/mol. The minimum absolute atomic E-state index is 0.0560. The third kappa shape index (κ3) is 5.82. The van der Waals surface area contributed by atoms with Crippen molar-refractivity contribution in [1.29, 1.82) is 0 Å². The number of likely N-dealkylation sites (tertiary alicyclic amines) is 1. The van der Waals surface area contributed by atoms with Crippen LogP contribution >= 0.6 is 23.4 Å². The number of hydrogen-bond donors (Lipinski definition) is 1. The van der Waals surface area contributed by atoms with Gasteiger partial charge in [0, 0.05) is 23.1 Å². The number of nitrogens with zero attached hydrogens (tertiary/aromatic N) is 1. The van der Waals surface area contributed by atoms with E-state index in [0.717, 1.165) is 42.5 Å². The molecule has 2 rings (SSSR count). The van der Waals surface area contributed by atoms with Crippen LogP contribution in [0.3, 0.4) is 0 Å². The van der Waals surface area contributed by atoms with Crippen molar-refractivity contribution in [3.63, 3.8) is 0 Å². The number of hydrogen-bond acceptors (Lipinski definition) is 3. The van der Waals surface area contributed by atoms with E-state index >= 15 is 0 Å². The van der Waals surface area contributed by atoms with Crippen LogP contribution in [-0.4, -0.2) is 42.7 Å². The predicted molar refractivity (Wildman–Crippen MR) is 95.5 cm³/mol. The van der Waals surface area contributed by atoms with Crippen LogP contribution in [0.5, 0.6) is 0 Å². The summed E-state index contributed by atoms with van der Waals surface area (Å²) in [7, 11) is 2.06. The maximum absolute atomic E-state index is 12.3. The molecule has 1 heterocycles. The van der Waals surface area contributed by atoms with Gasteiger partial charge >= 0.3 is 0 Å². The van der Waals surface area contributed by atoms with Crippen LogP contribution in [0, 0.1) is 0 Å². The molecule has 1 aliphatic rings. The SMILES string of the molecule is CN1CCCCC[C@@H]1C(=O)NCCSCc1cccc(Cl)c1. The number of nitrogens with one attached hydrogen (secondary N) is 1. The Morgan fingerprint density at radius 2 is 2.27 bits per heavy atom. The summed E-state index contributed by atoms with van der Waals surface area (Å²) >= 11 is 7.79. The number of rotatable bonds is 6. The molecule has 1 fully saturated rings. The first kappa shape index (κ1) is 17.6. The lowest BCUT2D eigenvalue weighted by Crippen LogP contribution is -2.45. The molecule has 0 aromatic heterocycles. The summed E-state index contributed by atoms with van der Waals surface area (Å²) in [4.78, 5) is 14.5. The van der Waals surface area contributed by atoms with Gasteiger partial charge in [-0.05, 0) is 44.1 Å². The Balaban J connectivity index is 1.64. The molecule has 1 saturated heterocycles. The van der Waals surface area contributed by atoms with Crippen molar-refractivity contribution >= 4 is 29.3 Å². The molecular formula is C17H25ClN2OS. The topological polar surface area (TPSA) is 32.3 Å².